The van der Waals surface area contributed by atoms with Gasteiger partial charge in [-0.2, -0.15) is 10.2 Å². The third-order valence-corrected chi connectivity index (χ3v) is 3.31. The van der Waals surface area contributed by atoms with E-state index < -0.39 is 5.91 Å². The van der Waals surface area contributed by atoms with Crippen molar-refractivity contribution in [1.82, 2.24) is 20.0 Å². The number of primary amides is 1. The second-order valence-corrected chi connectivity index (χ2v) is 4.33. The number of carbonyl (C=O) groups is 1. The average molecular weight is 231 g/mol. The summed E-state index contributed by atoms with van der Waals surface area (Å²) in [5.41, 5.74) is 9.07. The van der Waals surface area contributed by atoms with Gasteiger partial charge in [0, 0.05) is 6.20 Å². The van der Waals surface area contributed by atoms with E-state index in [9.17, 15) is 4.79 Å². The Morgan fingerprint density at radius 3 is 3.18 bits per heavy atom. The van der Waals surface area contributed by atoms with Crippen molar-refractivity contribution in [3.05, 3.63) is 34.9 Å². The monoisotopic (exact) mass is 231 g/mol. The first kappa shape index (κ1) is 10.1. The van der Waals surface area contributed by atoms with Gasteiger partial charge in [-0.25, -0.2) is 0 Å². The van der Waals surface area contributed by atoms with Crippen LogP contribution in [0.2, 0.25) is 0 Å². The van der Waals surface area contributed by atoms with Gasteiger partial charge in [-0.3, -0.25) is 14.6 Å². The summed E-state index contributed by atoms with van der Waals surface area (Å²) in [4.78, 5) is 11.0. The maximum Gasteiger partial charge on any atom is 0.251 e. The Hall–Kier alpha value is -2.11. The number of aromatic nitrogens is 4. The van der Waals surface area contributed by atoms with Crippen molar-refractivity contribution in [3.63, 3.8) is 0 Å². The smallest absolute Gasteiger partial charge is 0.251 e. The number of rotatable bonds is 2. The lowest BCUT2D eigenvalue weighted by Crippen LogP contribution is -2.11. The van der Waals surface area contributed by atoms with E-state index >= 15 is 0 Å². The van der Waals surface area contributed by atoms with Crippen molar-refractivity contribution >= 4 is 5.91 Å². The molecular formula is C11H13N5O. The number of carbonyl (C=O) groups excluding carboxylic acids is 1. The molecule has 6 heteroatoms. The van der Waals surface area contributed by atoms with E-state index in [1.54, 1.807) is 10.9 Å². The molecule has 17 heavy (non-hydrogen) atoms. The zero-order valence-corrected chi connectivity index (χ0v) is 9.47. The zero-order chi connectivity index (χ0) is 12.0. The molecule has 0 fully saturated rings. The summed E-state index contributed by atoms with van der Waals surface area (Å²) < 4.78 is 1.78. The Kier molecular flexibility index (Phi) is 2.04. The highest BCUT2D eigenvalue weighted by molar-refractivity contribution is 5.92. The first-order valence-corrected chi connectivity index (χ1v) is 5.54. The highest BCUT2D eigenvalue weighted by atomic mass is 16.1. The van der Waals surface area contributed by atoms with Crippen LogP contribution in [0.15, 0.2) is 12.4 Å². The van der Waals surface area contributed by atoms with Gasteiger partial charge in [0.25, 0.3) is 5.91 Å². The molecule has 0 spiro atoms. The second-order valence-electron chi connectivity index (χ2n) is 4.33. The van der Waals surface area contributed by atoms with Crippen LogP contribution in [0.1, 0.15) is 39.8 Å². The van der Waals surface area contributed by atoms with Crippen LogP contribution in [-0.4, -0.2) is 25.9 Å². The fourth-order valence-corrected chi connectivity index (χ4v) is 2.39. The number of amides is 1. The highest BCUT2D eigenvalue weighted by Gasteiger charge is 2.28. The Balaban J connectivity index is 1.98. The Morgan fingerprint density at radius 1 is 1.65 bits per heavy atom. The summed E-state index contributed by atoms with van der Waals surface area (Å²) in [5, 5.41) is 11.4. The second kappa shape index (κ2) is 3.44. The Morgan fingerprint density at radius 2 is 2.47 bits per heavy atom. The first-order valence-electron chi connectivity index (χ1n) is 5.54. The number of hydrogen-bond donors (Lipinski definition) is 2. The zero-order valence-electron chi connectivity index (χ0n) is 9.47. The lowest BCUT2D eigenvalue weighted by Gasteiger charge is -2.09. The van der Waals surface area contributed by atoms with E-state index in [0.717, 1.165) is 24.2 Å². The normalized spacial score (nSPS) is 18.3. The van der Waals surface area contributed by atoms with Gasteiger partial charge in [0.15, 0.2) is 0 Å². The van der Waals surface area contributed by atoms with Crippen molar-refractivity contribution < 1.29 is 4.79 Å². The summed E-state index contributed by atoms with van der Waals surface area (Å²) in [5.74, 6) is -0.449. The van der Waals surface area contributed by atoms with Crippen LogP contribution in [0, 0.1) is 6.92 Å². The molecule has 0 saturated carbocycles. The average Bonchev–Trinajstić information content (AvgIpc) is 2.95. The predicted molar refractivity (Wildman–Crippen MR) is 60.5 cm³/mol. The summed E-state index contributed by atoms with van der Waals surface area (Å²) in [6.07, 6.45) is 5.17. The highest BCUT2D eigenvalue weighted by Crippen LogP contribution is 2.33. The number of aryl methyl sites for hydroxylation is 1. The van der Waals surface area contributed by atoms with Crippen molar-refractivity contribution in [2.45, 2.75) is 25.8 Å². The lowest BCUT2D eigenvalue weighted by molar-refractivity contribution is 0.1000. The molecule has 2 heterocycles. The van der Waals surface area contributed by atoms with Crippen molar-refractivity contribution in [1.29, 1.82) is 0 Å². The molecule has 0 bridgehead atoms. The van der Waals surface area contributed by atoms with Gasteiger partial charge in [0.05, 0.1) is 29.2 Å². The van der Waals surface area contributed by atoms with E-state index in [1.165, 1.54) is 11.8 Å². The fraction of sp³-hybridized carbons (Fsp3) is 0.364. The van der Waals surface area contributed by atoms with Crippen LogP contribution in [-0.2, 0) is 6.42 Å². The van der Waals surface area contributed by atoms with E-state index in [-0.39, 0.29) is 6.04 Å². The maximum absolute atomic E-state index is 11.0. The minimum Gasteiger partial charge on any atom is -0.366 e. The van der Waals surface area contributed by atoms with Gasteiger partial charge in [-0.1, -0.05) is 0 Å². The van der Waals surface area contributed by atoms with Gasteiger partial charge in [-0.05, 0) is 25.3 Å². The number of fused-ring (bicyclic) bond motifs is 1. The molecule has 3 rings (SSSR count). The molecule has 0 aromatic carbocycles. The van der Waals surface area contributed by atoms with Crippen LogP contribution < -0.4 is 5.73 Å². The quantitative estimate of drug-likeness (QED) is 0.790. The molecule has 88 valence electrons. The largest absolute Gasteiger partial charge is 0.366 e. The molecule has 3 N–H and O–H groups in total. The number of nitrogens with one attached hydrogen (secondary N) is 1. The van der Waals surface area contributed by atoms with Crippen LogP contribution in [0.4, 0.5) is 0 Å². The molecule has 6 nitrogen and oxygen atoms in total. The lowest BCUT2D eigenvalue weighted by atomic mass is 10.2. The Labute approximate surface area is 97.8 Å². The molecule has 0 saturated heterocycles. The van der Waals surface area contributed by atoms with E-state index in [4.69, 9.17) is 5.73 Å². The Bertz CT molecular complexity index is 582. The van der Waals surface area contributed by atoms with Crippen molar-refractivity contribution in [3.8, 4) is 0 Å². The molecule has 0 aliphatic heterocycles. The van der Waals surface area contributed by atoms with E-state index in [1.807, 2.05) is 6.92 Å². The minimum absolute atomic E-state index is 0.138. The van der Waals surface area contributed by atoms with E-state index in [2.05, 4.69) is 15.3 Å². The number of aromatic amines is 1. The summed E-state index contributed by atoms with van der Waals surface area (Å²) in [7, 11) is 0. The van der Waals surface area contributed by atoms with Crippen molar-refractivity contribution in [2.75, 3.05) is 0 Å². The van der Waals surface area contributed by atoms with Crippen LogP contribution in [0.3, 0.4) is 0 Å². The third kappa shape index (κ3) is 1.44. The van der Waals surface area contributed by atoms with E-state index in [0.29, 0.717) is 5.56 Å². The fourth-order valence-electron chi connectivity index (χ4n) is 2.39. The topological polar surface area (TPSA) is 89.6 Å². The molecule has 2 aromatic rings. The maximum atomic E-state index is 11.0. The summed E-state index contributed by atoms with van der Waals surface area (Å²) in [6.45, 7) is 2.00. The molecule has 1 aliphatic carbocycles. The summed E-state index contributed by atoms with van der Waals surface area (Å²) >= 11 is 0. The number of nitrogens with zero attached hydrogens (tertiary/aromatic N) is 3. The number of hydrogen-bond acceptors (Lipinski definition) is 3. The predicted octanol–water partition coefficient (Wildman–Crippen LogP) is 0.549. The molecule has 1 aliphatic rings. The van der Waals surface area contributed by atoms with Crippen molar-refractivity contribution in [2.24, 2.45) is 5.73 Å². The molecule has 1 atom stereocenters. The first-order chi connectivity index (χ1) is 8.16. The standard InChI is InChI=1S/C11H13N5O/c1-6-8-2-3-9(10(8)15-14-6)16-5-7(4-13-16)11(12)17/h4-5,9H,2-3H2,1H3,(H2,12,17)(H,14,15)/t9-/m1/s1. The molecule has 0 unspecified atom stereocenters. The van der Waals surface area contributed by atoms with Gasteiger partial charge < -0.3 is 5.73 Å². The third-order valence-electron chi connectivity index (χ3n) is 3.31. The molecule has 1 amide bonds. The molecule has 2 aromatic heterocycles. The van der Waals surface area contributed by atoms with Gasteiger partial charge in [0.2, 0.25) is 0 Å². The molecule has 0 radical (unpaired) electrons. The van der Waals surface area contributed by atoms with Crippen LogP contribution in [0.5, 0.6) is 0 Å². The summed E-state index contributed by atoms with van der Waals surface area (Å²) in [6, 6.07) is 0.138. The van der Waals surface area contributed by atoms with Crippen LogP contribution in [0.25, 0.3) is 0 Å². The minimum atomic E-state index is -0.449. The van der Waals surface area contributed by atoms with Crippen LogP contribution >= 0.6 is 0 Å². The number of H-pyrrole nitrogens is 1. The van der Waals surface area contributed by atoms with Gasteiger partial charge in [0.1, 0.15) is 0 Å². The molecular weight excluding hydrogens is 218 g/mol. The number of nitrogens with two attached hydrogens (primary N) is 1. The SMILES string of the molecule is Cc1n[nH]c2c1CC[C@H]2n1cc(C(N)=O)cn1. The van der Waals surface area contributed by atoms with Gasteiger partial charge in [-0.15, -0.1) is 0 Å². The van der Waals surface area contributed by atoms with Gasteiger partial charge >= 0.3 is 0 Å².